The van der Waals surface area contributed by atoms with Gasteiger partial charge >= 0.3 is 0 Å². The summed E-state index contributed by atoms with van der Waals surface area (Å²) in [4.78, 5) is 25.6. The second kappa shape index (κ2) is 8.70. The lowest BCUT2D eigenvalue weighted by Gasteiger charge is -2.34. The van der Waals surface area contributed by atoms with E-state index in [2.05, 4.69) is 10.6 Å². The van der Waals surface area contributed by atoms with E-state index in [-0.39, 0.29) is 49.0 Å². The van der Waals surface area contributed by atoms with Crippen molar-refractivity contribution in [1.29, 1.82) is 0 Å². The van der Waals surface area contributed by atoms with Crippen molar-refractivity contribution < 1.29 is 14.0 Å². The Hall–Kier alpha value is -1.66. The van der Waals surface area contributed by atoms with E-state index in [1.807, 2.05) is 6.92 Å². The molecule has 0 bridgehead atoms. The number of piperazine rings is 1. The average Bonchev–Trinajstić information content (AvgIpc) is 2.45. The summed E-state index contributed by atoms with van der Waals surface area (Å²) in [7, 11) is 0. The van der Waals surface area contributed by atoms with Gasteiger partial charge in [-0.3, -0.25) is 9.59 Å². The number of carbonyl (C=O) groups excluding carboxylic acids is 2. The van der Waals surface area contributed by atoms with Crippen molar-refractivity contribution in [2.24, 2.45) is 0 Å². The summed E-state index contributed by atoms with van der Waals surface area (Å²) in [5, 5.41) is 5.80. The van der Waals surface area contributed by atoms with E-state index in [9.17, 15) is 14.0 Å². The van der Waals surface area contributed by atoms with Gasteiger partial charge in [-0.15, -0.1) is 12.4 Å². The van der Waals surface area contributed by atoms with Crippen LogP contribution in [0.1, 0.15) is 12.5 Å². The van der Waals surface area contributed by atoms with Gasteiger partial charge in [0.05, 0.1) is 13.0 Å². The van der Waals surface area contributed by atoms with Gasteiger partial charge in [-0.2, -0.15) is 0 Å². The lowest BCUT2D eigenvalue weighted by atomic mass is 10.1. The van der Waals surface area contributed by atoms with Gasteiger partial charge in [0, 0.05) is 25.7 Å². The van der Waals surface area contributed by atoms with Crippen molar-refractivity contribution in [3.05, 3.63) is 35.6 Å². The molecule has 1 aliphatic rings. The van der Waals surface area contributed by atoms with E-state index in [1.54, 1.807) is 17.0 Å². The minimum Gasteiger partial charge on any atom is -0.347 e. The fourth-order valence-electron chi connectivity index (χ4n) is 2.38. The van der Waals surface area contributed by atoms with Crippen molar-refractivity contribution in [2.75, 3.05) is 26.2 Å². The normalized spacial score (nSPS) is 17.5. The molecule has 2 N–H and O–H groups in total. The van der Waals surface area contributed by atoms with Crippen LogP contribution in [-0.4, -0.2) is 48.9 Å². The molecule has 5 nitrogen and oxygen atoms in total. The molecule has 0 aliphatic carbocycles. The third kappa shape index (κ3) is 5.27. The second-order valence-corrected chi connectivity index (χ2v) is 5.22. The van der Waals surface area contributed by atoms with Crippen LogP contribution >= 0.6 is 12.4 Å². The van der Waals surface area contributed by atoms with Gasteiger partial charge < -0.3 is 15.5 Å². The van der Waals surface area contributed by atoms with E-state index in [0.717, 1.165) is 13.1 Å². The zero-order chi connectivity index (χ0) is 15.2. The van der Waals surface area contributed by atoms with Gasteiger partial charge in [0.15, 0.2) is 0 Å². The van der Waals surface area contributed by atoms with Crippen molar-refractivity contribution in [2.45, 2.75) is 19.4 Å². The predicted molar refractivity (Wildman–Crippen MR) is 84.4 cm³/mol. The lowest BCUT2D eigenvalue weighted by Crippen LogP contribution is -2.54. The molecule has 2 rings (SSSR count). The quantitative estimate of drug-likeness (QED) is 0.856. The number of nitrogens with one attached hydrogen (secondary N) is 2. The maximum atomic E-state index is 13.0. The second-order valence-electron chi connectivity index (χ2n) is 5.22. The monoisotopic (exact) mass is 329 g/mol. The number of carbonyl (C=O) groups is 2. The molecular weight excluding hydrogens is 309 g/mol. The maximum absolute atomic E-state index is 13.0. The van der Waals surface area contributed by atoms with Gasteiger partial charge in [-0.1, -0.05) is 12.1 Å². The Morgan fingerprint density at radius 2 is 2.23 bits per heavy atom. The summed E-state index contributed by atoms with van der Waals surface area (Å²) in [5.41, 5.74) is 0.593. The highest BCUT2D eigenvalue weighted by molar-refractivity contribution is 5.86. The molecule has 1 saturated heterocycles. The fourth-order valence-corrected chi connectivity index (χ4v) is 2.38. The molecule has 0 saturated carbocycles. The topological polar surface area (TPSA) is 61.4 Å². The molecule has 1 aromatic rings. The first-order chi connectivity index (χ1) is 10.1. The van der Waals surface area contributed by atoms with Gasteiger partial charge in [0.2, 0.25) is 11.8 Å². The predicted octanol–water partition coefficient (Wildman–Crippen LogP) is 0.727. The zero-order valence-corrected chi connectivity index (χ0v) is 13.3. The Balaban J connectivity index is 0.00000242. The number of hydrogen-bond donors (Lipinski definition) is 2. The molecule has 0 radical (unpaired) electrons. The molecule has 1 atom stereocenters. The first-order valence-corrected chi connectivity index (χ1v) is 7.07. The summed E-state index contributed by atoms with van der Waals surface area (Å²) in [6.45, 7) is 4.15. The number of nitrogens with zero attached hydrogens (tertiary/aromatic N) is 1. The summed E-state index contributed by atoms with van der Waals surface area (Å²) in [6, 6.07) is 6.02. The number of rotatable bonds is 4. The maximum Gasteiger partial charge on any atom is 0.242 e. The number of amides is 2. The van der Waals surface area contributed by atoms with Crippen LogP contribution in [0, 0.1) is 5.82 Å². The molecule has 1 heterocycles. The van der Waals surface area contributed by atoms with Gasteiger partial charge in [0.25, 0.3) is 0 Å². The largest absolute Gasteiger partial charge is 0.347 e. The van der Waals surface area contributed by atoms with Crippen molar-refractivity contribution in [3.63, 3.8) is 0 Å². The number of hydrogen-bond acceptors (Lipinski definition) is 3. The van der Waals surface area contributed by atoms with E-state index in [0.29, 0.717) is 12.1 Å². The molecule has 0 aromatic heterocycles. The van der Waals surface area contributed by atoms with E-state index in [4.69, 9.17) is 0 Å². The highest BCUT2D eigenvalue weighted by Gasteiger charge is 2.22. The first-order valence-electron chi connectivity index (χ1n) is 7.07. The molecule has 1 aromatic carbocycles. The van der Waals surface area contributed by atoms with Crippen LogP contribution in [0.15, 0.2) is 24.3 Å². The molecule has 1 unspecified atom stereocenters. The SMILES string of the molecule is CC1CNCCN1C(=O)CNC(=O)Cc1cccc(F)c1.Cl. The van der Waals surface area contributed by atoms with Crippen molar-refractivity contribution in [3.8, 4) is 0 Å². The van der Waals surface area contributed by atoms with E-state index in [1.165, 1.54) is 12.1 Å². The Bertz CT molecular complexity index is 527. The highest BCUT2D eigenvalue weighted by atomic mass is 35.5. The third-order valence-electron chi connectivity index (χ3n) is 3.51. The Morgan fingerprint density at radius 1 is 1.45 bits per heavy atom. The van der Waals surface area contributed by atoms with Crippen LogP contribution < -0.4 is 10.6 Å². The highest BCUT2D eigenvalue weighted by Crippen LogP contribution is 2.05. The van der Waals surface area contributed by atoms with Crippen LogP contribution in [0.25, 0.3) is 0 Å². The van der Waals surface area contributed by atoms with Crippen LogP contribution in [0.4, 0.5) is 4.39 Å². The van der Waals surface area contributed by atoms with Crippen LogP contribution in [0.5, 0.6) is 0 Å². The minimum atomic E-state index is -0.369. The molecule has 1 fully saturated rings. The summed E-state index contributed by atoms with van der Waals surface area (Å²) >= 11 is 0. The average molecular weight is 330 g/mol. The van der Waals surface area contributed by atoms with Crippen molar-refractivity contribution in [1.82, 2.24) is 15.5 Å². The van der Waals surface area contributed by atoms with Gasteiger partial charge in [-0.05, 0) is 24.6 Å². The molecule has 22 heavy (non-hydrogen) atoms. The van der Waals surface area contributed by atoms with Crippen LogP contribution in [-0.2, 0) is 16.0 Å². The first kappa shape index (κ1) is 18.4. The van der Waals surface area contributed by atoms with E-state index < -0.39 is 0 Å². The molecule has 2 amide bonds. The lowest BCUT2D eigenvalue weighted by molar-refractivity contribution is -0.135. The molecule has 1 aliphatic heterocycles. The van der Waals surface area contributed by atoms with Gasteiger partial charge in [0.1, 0.15) is 5.82 Å². The standard InChI is InChI=1S/C15H20FN3O2.ClH/c1-11-9-17-5-6-19(11)15(21)10-18-14(20)8-12-3-2-4-13(16)7-12;/h2-4,7,11,17H,5-6,8-10H2,1H3,(H,18,20);1H. The van der Waals surface area contributed by atoms with Gasteiger partial charge in [-0.25, -0.2) is 4.39 Å². The van der Waals surface area contributed by atoms with Crippen LogP contribution in [0.2, 0.25) is 0 Å². The van der Waals surface area contributed by atoms with Crippen molar-refractivity contribution >= 4 is 24.2 Å². The fraction of sp³-hybridized carbons (Fsp3) is 0.467. The molecule has 0 spiro atoms. The third-order valence-corrected chi connectivity index (χ3v) is 3.51. The summed E-state index contributed by atoms with van der Waals surface area (Å²) in [6.07, 6.45) is 0.0716. The Labute approximate surface area is 135 Å². The molecular formula is C15H21ClFN3O2. The van der Waals surface area contributed by atoms with E-state index >= 15 is 0 Å². The zero-order valence-electron chi connectivity index (χ0n) is 12.5. The summed E-state index contributed by atoms with van der Waals surface area (Å²) in [5.74, 6) is -0.737. The Kier molecular flexibility index (Phi) is 7.27. The van der Waals surface area contributed by atoms with Crippen LogP contribution in [0.3, 0.4) is 0 Å². The smallest absolute Gasteiger partial charge is 0.242 e. The summed E-state index contributed by atoms with van der Waals surface area (Å²) < 4.78 is 13.0. The molecule has 122 valence electrons. The number of benzene rings is 1. The minimum absolute atomic E-state index is 0. The Morgan fingerprint density at radius 3 is 2.91 bits per heavy atom. The number of halogens is 2. The molecule has 7 heteroatoms.